The van der Waals surface area contributed by atoms with Crippen molar-refractivity contribution in [2.75, 3.05) is 21.3 Å². The zero-order valence-electron chi connectivity index (χ0n) is 35.0. The Morgan fingerprint density at radius 2 is 0.676 bits per heavy atom. The van der Waals surface area contributed by atoms with Crippen LogP contribution in [0, 0.1) is 0 Å². The average Bonchev–Trinajstić information content (AvgIpc) is 3.65. The van der Waals surface area contributed by atoms with E-state index in [4.69, 9.17) is 16.2 Å². The fourth-order valence-corrected chi connectivity index (χ4v) is 8.87. The monoisotopic (exact) mass is 1010 g/mol. The zero-order valence-corrected chi connectivity index (χ0v) is 35.0. The summed E-state index contributed by atoms with van der Waals surface area (Å²) < 4.78 is 224. The molecule has 0 saturated carbocycles. The number of imide groups is 2. The number of nitrogen functional groups attached to an aromatic ring is 2. The molecule has 3 heterocycles. The van der Waals surface area contributed by atoms with Gasteiger partial charge >= 0.3 is 30.9 Å². The number of hydrogen-bond acceptors (Lipinski definition) is 7. The van der Waals surface area contributed by atoms with Crippen molar-refractivity contribution in [1.29, 1.82) is 0 Å². The minimum absolute atomic E-state index is 0.142. The van der Waals surface area contributed by atoms with Crippen LogP contribution in [0.5, 0.6) is 11.5 Å². The van der Waals surface area contributed by atoms with Gasteiger partial charge in [-0.2, -0.15) is 65.9 Å². The summed E-state index contributed by atoms with van der Waals surface area (Å²) in [5.41, 5.74) is -10.5. The molecule has 0 fully saturated rings. The smallest absolute Gasteiger partial charge is 0.417 e. The molecule has 0 radical (unpaired) electrons. The van der Waals surface area contributed by atoms with Gasteiger partial charge in [0.05, 0.1) is 55.9 Å². The first-order valence-electron chi connectivity index (χ1n) is 20.0. The van der Waals surface area contributed by atoms with E-state index in [9.17, 15) is 71.9 Å². The molecule has 0 saturated heterocycles. The van der Waals surface area contributed by atoms with Crippen LogP contribution in [0.1, 0.15) is 81.7 Å². The van der Waals surface area contributed by atoms with Crippen molar-refractivity contribution in [2.24, 2.45) is 0 Å². The molecule has 366 valence electrons. The lowest BCUT2D eigenvalue weighted by Gasteiger charge is -2.39. The summed E-state index contributed by atoms with van der Waals surface area (Å²) in [5.74, 6) is -7.38. The van der Waals surface area contributed by atoms with Crippen molar-refractivity contribution in [3.05, 3.63) is 153 Å². The van der Waals surface area contributed by atoms with Crippen LogP contribution in [-0.4, -0.2) is 29.8 Å². The number of hydrogen-bond donors (Lipinski definition) is 2. The van der Waals surface area contributed by atoms with E-state index in [1.165, 1.54) is 0 Å². The van der Waals surface area contributed by atoms with E-state index >= 15 is 13.2 Å². The molecule has 6 aromatic rings. The number of anilines is 4. The molecular formula is C47H23F15N4O5. The molecule has 0 aromatic heterocycles. The summed E-state index contributed by atoms with van der Waals surface area (Å²) in [6, 6.07) is 9.27. The maximum absolute atomic E-state index is 15.6. The van der Waals surface area contributed by atoms with Gasteiger partial charge in [0.2, 0.25) is 0 Å². The molecule has 71 heavy (non-hydrogen) atoms. The van der Waals surface area contributed by atoms with Gasteiger partial charge in [0.15, 0.2) is 0 Å². The van der Waals surface area contributed by atoms with Crippen LogP contribution < -0.4 is 26.0 Å². The number of carbonyl (C=O) groups is 4. The molecule has 9 nitrogen and oxygen atoms in total. The second-order valence-corrected chi connectivity index (χ2v) is 16.5. The number of halogens is 15. The number of benzene rings is 6. The van der Waals surface area contributed by atoms with E-state index in [1.54, 1.807) is 0 Å². The first-order valence-corrected chi connectivity index (χ1v) is 20.0. The van der Waals surface area contributed by atoms with Gasteiger partial charge in [-0.1, -0.05) is 24.3 Å². The van der Waals surface area contributed by atoms with Crippen molar-refractivity contribution >= 4 is 46.4 Å². The third kappa shape index (κ3) is 7.44. The lowest BCUT2D eigenvalue weighted by atomic mass is 9.72. The highest BCUT2D eigenvalue weighted by atomic mass is 19.4. The minimum atomic E-state index is -5.43. The van der Waals surface area contributed by atoms with E-state index < -0.39 is 172 Å². The highest BCUT2D eigenvalue weighted by Gasteiger charge is 2.59. The fourth-order valence-electron chi connectivity index (χ4n) is 8.87. The fraction of sp³-hybridized carbons (Fsp3) is 0.149. The number of rotatable bonds is 4. The van der Waals surface area contributed by atoms with Crippen LogP contribution in [-0.2, 0) is 30.1 Å². The van der Waals surface area contributed by atoms with Crippen LogP contribution in [0.2, 0.25) is 0 Å². The molecular weight excluding hydrogens is 986 g/mol. The molecule has 0 spiro atoms. The van der Waals surface area contributed by atoms with Crippen molar-refractivity contribution < 1.29 is 89.8 Å². The van der Waals surface area contributed by atoms with Crippen LogP contribution in [0.15, 0.2) is 97.1 Å². The Morgan fingerprint density at radius 1 is 0.394 bits per heavy atom. The topological polar surface area (TPSA) is 136 Å². The Kier molecular flexibility index (Phi) is 10.3. The summed E-state index contributed by atoms with van der Waals surface area (Å²) in [4.78, 5) is 55.9. The van der Waals surface area contributed by atoms with Crippen molar-refractivity contribution in [2.45, 2.75) is 43.2 Å². The predicted molar refractivity (Wildman–Crippen MR) is 220 cm³/mol. The standard InChI is InChI=1S/C47H23F15N4O5/c1-42(47(60,61)62)34-14-26-28(40(69)65(38(26)67)20-4-8-24(32(12-20)45(54,55)56)22-6-2-18(63)10-30(22)43(48,49)50)16-36(34)71-37-17-29-27(15-35(37)42)39(68)66(41(29)70)21-5-9-25(33(13-21)46(57,58)59)23-7-3-19(64)11-31(23)44(51,52)53/h2-17H,63-64H2,1H3. The summed E-state index contributed by atoms with van der Waals surface area (Å²) >= 11 is 0. The Labute approximate surface area is 386 Å². The average molecular weight is 1010 g/mol. The maximum Gasteiger partial charge on any atom is 0.417 e. The second kappa shape index (κ2) is 15.2. The second-order valence-electron chi connectivity index (χ2n) is 16.5. The molecule has 0 unspecified atom stereocenters. The highest BCUT2D eigenvalue weighted by Crippen LogP contribution is 2.58. The Balaban J connectivity index is 1.11. The molecule has 0 aliphatic carbocycles. The lowest BCUT2D eigenvalue weighted by Crippen LogP contribution is -2.43. The van der Waals surface area contributed by atoms with Gasteiger partial charge in [0, 0.05) is 22.5 Å². The van der Waals surface area contributed by atoms with E-state index in [0.717, 1.165) is 12.1 Å². The minimum Gasteiger partial charge on any atom is -0.457 e. The Bertz CT molecular complexity index is 3160. The molecule has 0 atom stereocenters. The first kappa shape index (κ1) is 48.0. The molecule has 6 aromatic carbocycles. The maximum atomic E-state index is 15.6. The quantitative estimate of drug-likeness (QED) is 0.102. The molecule has 9 rings (SSSR count). The number of ether oxygens (including phenoxy) is 1. The van der Waals surface area contributed by atoms with E-state index in [2.05, 4.69) is 0 Å². The van der Waals surface area contributed by atoms with E-state index in [1.807, 2.05) is 0 Å². The van der Waals surface area contributed by atoms with Crippen LogP contribution in [0.4, 0.5) is 88.6 Å². The summed E-state index contributed by atoms with van der Waals surface area (Å²) in [7, 11) is 0. The van der Waals surface area contributed by atoms with Crippen molar-refractivity contribution in [3.8, 4) is 33.8 Å². The van der Waals surface area contributed by atoms with Crippen LogP contribution in [0.3, 0.4) is 0 Å². The lowest BCUT2D eigenvalue weighted by molar-refractivity contribution is -0.174. The van der Waals surface area contributed by atoms with Gasteiger partial charge < -0.3 is 16.2 Å². The number of alkyl halides is 15. The molecule has 24 heteroatoms. The third-order valence-corrected chi connectivity index (χ3v) is 12.2. The summed E-state index contributed by atoms with van der Waals surface area (Å²) in [5, 5.41) is 0. The number of amides is 4. The molecule has 4 N–H and O–H groups in total. The van der Waals surface area contributed by atoms with Crippen molar-refractivity contribution in [3.63, 3.8) is 0 Å². The molecule has 3 aliphatic rings. The summed E-state index contributed by atoms with van der Waals surface area (Å²) in [6.45, 7) is 0.547. The Morgan fingerprint density at radius 3 is 0.972 bits per heavy atom. The van der Waals surface area contributed by atoms with Gasteiger partial charge in [0.1, 0.15) is 16.9 Å². The van der Waals surface area contributed by atoms with Gasteiger partial charge in [0.25, 0.3) is 23.6 Å². The molecule has 4 amide bonds. The number of carbonyl (C=O) groups excluding carboxylic acids is 4. The van der Waals surface area contributed by atoms with E-state index in [0.29, 0.717) is 79.7 Å². The van der Waals surface area contributed by atoms with Gasteiger partial charge in [-0.15, -0.1) is 0 Å². The predicted octanol–water partition coefficient (Wildman–Crippen LogP) is 12.8. The van der Waals surface area contributed by atoms with Crippen molar-refractivity contribution in [1.82, 2.24) is 0 Å². The van der Waals surface area contributed by atoms with Gasteiger partial charge in [-0.25, -0.2) is 9.80 Å². The largest absolute Gasteiger partial charge is 0.457 e. The van der Waals surface area contributed by atoms with Gasteiger partial charge in [-0.3, -0.25) is 19.2 Å². The number of nitrogens with two attached hydrogens (primary N) is 2. The van der Waals surface area contributed by atoms with E-state index in [-0.39, 0.29) is 21.9 Å². The Hall–Kier alpha value is -8.05. The molecule has 0 bridgehead atoms. The van der Waals surface area contributed by atoms with Crippen LogP contribution in [0.25, 0.3) is 22.3 Å². The van der Waals surface area contributed by atoms with Gasteiger partial charge in [-0.05, 0) is 102 Å². The highest BCUT2D eigenvalue weighted by molar-refractivity contribution is 6.35. The van der Waals surface area contributed by atoms with Crippen LogP contribution >= 0.6 is 0 Å². The SMILES string of the molecule is CC1(C(F)(F)F)c2cc3c(cc2Oc2cc4c(cc21)C(=O)N(c1ccc(-c2ccc(N)cc2C(F)(F)F)c(C(F)(F)F)c1)C4=O)C(=O)N(c1ccc(-c2ccc(N)cc2C(F)(F)F)c(C(F)(F)F)c1)C3=O. The number of fused-ring (bicyclic) bond motifs is 4. The zero-order chi connectivity index (χ0) is 52.0. The third-order valence-electron chi connectivity index (χ3n) is 12.2. The first-order chi connectivity index (χ1) is 32.7. The normalized spacial score (nSPS) is 15.7. The molecule has 3 aliphatic heterocycles. The number of nitrogens with zero attached hydrogens (tertiary/aromatic N) is 2. The summed E-state index contributed by atoms with van der Waals surface area (Å²) in [6.07, 6.45) is -26.7.